The number of carbonyl (C=O) groups excluding carboxylic acids is 1. The van der Waals surface area contributed by atoms with Crippen LogP contribution in [0.15, 0.2) is 65.4 Å². The van der Waals surface area contributed by atoms with Gasteiger partial charge in [0.2, 0.25) is 0 Å². The van der Waals surface area contributed by atoms with Crippen molar-refractivity contribution in [3.63, 3.8) is 0 Å². The largest absolute Gasteiger partial charge is 0.459 e. The predicted molar refractivity (Wildman–Crippen MR) is 134 cm³/mol. The molecule has 1 unspecified atom stereocenters. The number of aryl methyl sites for hydroxylation is 2. The highest BCUT2D eigenvalue weighted by Crippen LogP contribution is 2.44. The zero-order chi connectivity index (χ0) is 22.8. The van der Waals surface area contributed by atoms with Crippen LogP contribution in [-0.4, -0.2) is 10.9 Å². The second kappa shape index (κ2) is 9.41. The Labute approximate surface area is 201 Å². The standard InChI is InChI=1S/C26H24ClN3O2S/c1-16-12-13-28-22(15-16)29-24(17-8-10-18(27)11-9-17)23-19-5-2-3-7-21(19)33-26(23)30-25(31)20-6-4-14-32-20/h4,6,8-15,24H,2-3,5,7H2,1H3,(H,28,29)(H,30,31). The number of fused-ring (bicyclic) bond motifs is 1. The molecule has 4 aromatic rings. The monoisotopic (exact) mass is 477 g/mol. The first kappa shape index (κ1) is 21.7. The summed E-state index contributed by atoms with van der Waals surface area (Å²) in [6.45, 7) is 2.05. The summed E-state index contributed by atoms with van der Waals surface area (Å²) >= 11 is 7.86. The highest BCUT2D eigenvalue weighted by atomic mass is 35.5. The molecule has 0 radical (unpaired) electrons. The second-order valence-electron chi connectivity index (χ2n) is 8.23. The van der Waals surface area contributed by atoms with Crippen LogP contribution in [0.25, 0.3) is 0 Å². The lowest BCUT2D eigenvalue weighted by Crippen LogP contribution is -2.18. The smallest absolute Gasteiger partial charge is 0.291 e. The highest BCUT2D eigenvalue weighted by molar-refractivity contribution is 7.16. The van der Waals surface area contributed by atoms with Crippen LogP contribution in [0.1, 0.15) is 56.6 Å². The topological polar surface area (TPSA) is 67.2 Å². The molecule has 1 aromatic carbocycles. The zero-order valence-electron chi connectivity index (χ0n) is 18.2. The molecule has 2 N–H and O–H groups in total. The van der Waals surface area contributed by atoms with E-state index in [0.717, 1.165) is 53.2 Å². The molecule has 5 nitrogen and oxygen atoms in total. The summed E-state index contributed by atoms with van der Waals surface area (Å²) in [5.74, 6) is 0.834. The van der Waals surface area contributed by atoms with Gasteiger partial charge in [-0.1, -0.05) is 23.7 Å². The molecular weight excluding hydrogens is 454 g/mol. The van der Waals surface area contributed by atoms with Crippen molar-refractivity contribution < 1.29 is 9.21 Å². The van der Waals surface area contributed by atoms with Gasteiger partial charge in [0, 0.05) is 21.7 Å². The van der Waals surface area contributed by atoms with Crippen molar-refractivity contribution >= 4 is 39.7 Å². The molecule has 1 aliphatic carbocycles. The van der Waals surface area contributed by atoms with Gasteiger partial charge < -0.3 is 15.1 Å². The number of benzene rings is 1. The Bertz CT molecular complexity index is 1270. The van der Waals surface area contributed by atoms with E-state index in [4.69, 9.17) is 16.0 Å². The molecule has 0 saturated heterocycles. The van der Waals surface area contributed by atoms with Crippen LogP contribution in [-0.2, 0) is 12.8 Å². The van der Waals surface area contributed by atoms with E-state index in [9.17, 15) is 4.79 Å². The summed E-state index contributed by atoms with van der Waals surface area (Å²) < 4.78 is 5.33. The molecule has 5 rings (SSSR count). The SMILES string of the molecule is Cc1ccnc(NC(c2ccc(Cl)cc2)c2c(NC(=O)c3ccco3)sc3c2CCCC3)c1. The molecule has 168 valence electrons. The van der Waals surface area contributed by atoms with Crippen molar-refractivity contribution in [2.45, 2.75) is 38.6 Å². The molecule has 0 aliphatic heterocycles. The van der Waals surface area contributed by atoms with E-state index in [2.05, 4.69) is 15.6 Å². The number of nitrogens with one attached hydrogen (secondary N) is 2. The molecule has 0 bridgehead atoms. The lowest BCUT2D eigenvalue weighted by atomic mass is 9.89. The maximum absolute atomic E-state index is 12.9. The van der Waals surface area contributed by atoms with Crippen LogP contribution < -0.4 is 10.6 Å². The van der Waals surface area contributed by atoms with Crippen LogP contribution in [0.2, 0.25) is 5.02 Å². The van der Waals surface area contributed by atoms with E-state index in [1.807, 2.05) is 43.3 Å². The Balaban J connectivity index is 1.61. The lowest BCUT2D eigenvalue weighted by molar-refractivity contribution is 0.0997. The van der Waals surface area contributed by atoms with Crippen LogP contribution in [0.3, 0.4) is 0 Å². The molecule has 3 aromatic heterocycles. The minimum atomic E-state index is -0.247. The number of furan rings is 1. The molecule has 0 fully saturated rings. The number of rotatable bonds is 6. The Morgan fingerprint density at radius 3 is 2.73 bits per heavy atom. The number of hydrogen-bond acceptors (Lipinski definition) is 5. The van der Waals surface area contributed by atoms with Gasteiger partial charge in [-0.2, -0.15) is 0 Å². The third-order valence-electron chi connectivity index (χ3n) is 5.88. The van der Waals surface area contributed by atoms with Crippen molar-refractivity contribution in [3.05, 3.63) is 98.9 Å². The summed E-state index contributed by atoms with van der Waals surface area (Å²) in [6, 6.07) is 15.1. The van der Waals surface area contributed by atoms with E-state index in [1.54, 1.807) is 29.7 Å². The Hall–Kier alpha value is -3.09. The van der Waals surface area contributed by atoms with E-state index in [-0.39, 0.29) is 11.9 Å². The number of thiophene rings is 1. The van der Waals surface area contributed by atoms with Crippen molar-refractivity contribution in [1.82, 2.24) is 4.98 Å². The normalized spacial score (nSPS) is 13.9. The molecule has 1 atom stereocenters. The van der Waals surface area contributed by atoms with Gasteiger partial charge in [-0.05, 0) is 85.7 Å². The second-order valence-corrected chi connectivity index (χ2v) is 9.77. The van der Waals surface area contributed by atoms with Gasteiger partial charge in [0.05, 0.1) is 12.3 Å². The number of carbonyl (C=O) groups is 1. The van der Waals surface area contributed by atoms with Crippen molar-refractivity contribution in [3.8, 4) is 0 Å². The van der Waals surface area contributed by atoms with E-state index >= 15 is 0 Å². The third-order valence-corrected chi connectivity index (χ3v) is 7.36. The molecule has 33 heavy (non-hydrogen) atoms. The summed E-state index contributed by atoms with van der Waals surface area (Å²) in [5.41, 5.74) is 4.60. The van der Waals surface area contributed by atoms with Gasteiger partial charge in [-0.25, -0.2) is 4.98 Å². The molecule has 3 heterocycles. The van der Waals surface area contributed by atoms with Gasteiger partial charge in [-0.15, -0.1) is 11.3 Å². The van der Waals surface area contributed by atoms with E-state index in [1.165, 1.54) is 16.7 Å². The number of aromatic nitrogens is 1. The Kier molecular flexibility index (Phi) is 6.20. The maximum Gasteiger partial charge on any atom is 0.291 e. The quantitative estimate of drug-likeness (QED) is 0.313. The fraction of sp³-hybridized carbons (Fsp3) is 0.231. The average Bonchev–Trinajstić information content (AvgIpc) is 3.47. The molecule has 1 amide bonds. The molecule has 0 saturated carbocycles. The number of pyridine rings is 1. The lowest BCUT2D eigenvalue weighted by Gasteiger charge is -2.24. The predicted octanol–water partition coefficient (Wildman–Crippen LogP) is 7.03. The number of halogens is 1. The van der Waals surface area contributed by atoms with Crippen molar-refractivity contribution in [2.24, 2.45) is 0 Å². The fourth-order valence-corrected chi connectivity index (χ4v) is 5.75. The van der Waals surface area contributed by atoms with Gasteiger partial charge >= 0.3 is 0 Å². The molecular formula is C26H24ClN3O2S. The summed E-state index contributed by atoms with van der Waals surface area (Å²) in [5, 5.41) is 8.30. The Morgan fingerprint density at radius 2 is 1.97 bits per heavy atom. The first-order valence-corrected chi connectivity index (χ1v) is 12.2. The fourth-order valence-electron chi connectivity index (χ4n) is 4.30. The number of amides is 1. The molecule has 1 aliphatic rings. The Morgan fingerprint density at radius 1 is 1.15 bits per heavy atom. The van der Waals surface area contributed by atoms with Gasteiger partial charge in [-0.3, -0.25) is 4.79 Å². The summed E-state index contributed by atoms with van der Waals surface area (Å²) in [6.07, 6.45) is 7.63. The van der Waals surface area contributed by atoms with Crippen LogP contribution in [0, 0.1) is 6.92 Å². The van der Waals surface area contributed by atoms with Crippen LogP contribution in [0.5, 0.6) is 0 Å². The van der Waals surface area contributed by atoms with Gasteiger partial charge in [0.25, 0.3) is 5.91 Å². The van der Waals surface area contributed by atoms with Crippen LogP contribution >= 0.6 is 22.9 Å². The minimum Gasteiger partial charge on any atom is -0.459 e. The minimum absolute atomic E-state index is 0.193. The van der Waals surface area contributed by atoms with Crippen molar-refractivity contribution in [1.29, 1.82) is 0 Å². The number of hydrogen-bond donors (Lipinski definition) is 2. The van der Waals surface area contributed by atoms with E-state index in [0.29, 0.717) is 10.8 Å². The molecule has 0 spiro atoms. The van der Waals surface area contributed by atoms with Crippen molar-refractivity contribution in [2.75, 3.05) is 10.6 Å². The highest BCUT2D eigenvalue weighted by Gasteiger charge is 2.29. The van der Waals surface area contributed by atoms with Gasteiger partial charge in [0.1, 0.15) is 10.8 Å². The number of anilines is 2. The first-order chi connectivity index (χ1) is 16.1. The molecule has 7 heteroatoms. The number of nitrogens with zero attached hydrogens (tertiary/aromatic N) is 1. The van der Waals surface area contributed by atoms with E-state index < -0.39 is 0 Å². The third kappa shape index (κ3) is 4.68. The summed E-state index contributed by atoms with van der Waals surface area (Å²) in [4.78, 5) is 18.8. The van der Waals surface area contributed by atoms with Gasteiger partial charge in [0.15, 0.2) is 5.76 Å². The summed E-state index contributed by atoms with van der Waals surface area (Å²) in [7, 11) is 0. The maximum atomic E-state index is 12.9. The zero-order valence-corrected chi connectivity index (χ0v) is 19.8. The first-order valence-electron chi connectivity index (χ1n) is 11.0. The van der Waals surface area contributed by atoms with Crippen LogP contribution in [0.4, 0.5) is 10.8 Å². The average molecular weight is 478 g/mol.